The molecule has 0 aromatic rings. The number of aliphatic hydroxyl groups is 2. The summed E-state index contributed by atoms with van der Waals surface area (Å²) < 4.78 is 5.48. The van der Waals surface area contributed by atoms with Crippen LogP contribution in [0.3, 0.4) is 0 Å². The molecule has 0 spiro atoms. The van der Waals surface area contributed by atoms with Gasteiger partial charge >= 0.3 is 5.97 Å². The van der Waals surface area contributed by atoms with Crippen LogP contribution < -0.4 is 5.32 Å². The Morgan fingerprint density at radius 2 is 0.598 bits per heavy atom. The zero-order valence-electron chi connectivity index (χ0n) is 59.0. The third kappa shape index (κ3) is 73.0. The highest BCUT2D eigenvalue weighted by Gasteiger charge is 2.20. The topological polar surface area (TPSA) is 95.9 Å². The molecule has 0 bridgehead atoms. The lowest BCUT2D eigenvalue weighted by molar-refractivity contribution is -0.143. The molecule has 6 heteroatoms. The molecule has 0 heterocycles. The lowest BCUT2D eigenvalue weighted by atomic mass is 10.0. The number of esters is 1. The van der Waals surface area contributed by atoms with Crippen molar-refractivity contribution in [3.63, 3.8) is 0 Å². The number of aliphatic hydroxyl groups excluding tert-OH is 2. The zero-order chi connectivity index (χ0) is 62.8. The predicted octanol–water partition coefficient (Wildman–Crippen LogP) is 26.2. The van der Waals surface area contributed by atoms with Crippen molar-refractivity contribution in [2.24, 2.45) is 0 Å². The fourth-order valence-electron chi connectivity index (χ4n) is 12.6. The average molecular weight is 1220 g/mol. The van der Waals surface area contributed by atoms with Crippen LogP contribution in [0.25, 0.3) is 0 Å². The molecule has 0 fully saturated rings. The summed E-state index contributed by atoms with van der Waals surface area (Å²) in [4.78, 5) is 24.6. The van der Waals surface area contributed by atoms with E-state index in [4.69, 9.17) is 4.74 Å². The first-order valence-corrected chi connectivity index (χ1v) is 39.7. The second kappa shape index (κ2) is 76.5. The second-order valence-corrected chi connectivity index (χ2v) is 27.4. The van der Waals surface area contributed by atoms with Gasteiger partial charge in [0.2, 0.25) is 5.91 Å². The molecule has 0 aromatic heterocycles. The minimum absolute atomic E-state index is 0.00391. The number of hydrogen-bond acceptors (Lipinski definition) is 5. The minimum Gasteiger partial charge on any atom is -0.466 e. The van der Waals surface area contributed by atoms with Crippen LogP contribution in [0.2, 0.25) is 0 Å². The Morgan fingerprint density at radius 3 is 0.931 bits per heavy atom. The molecule has 3 N–H and O–H groups in total. The highest BCUT2D eigenvalue weighted by Crippen LogP contribution is 2.20. The van der Waals surface area contributed by atoms with Gasteiger partial charge in [0, 0.05) is 12.8 Å². The molecule has 6 nitrogen and oxygen atoms in total. The molecule has 0 radical (unpaired) electrons. The van der Waals surface area contributed by atoms with E-state index in [1.165, 1.54) is 360 Å². The fourth-order valence-corrected chi connectivity index (χ4v) is 12.6. The summed E-state index contributed by atoms with van der Waals surface area (Å²) in [7, 11) is 0. The van der Waals surface area contributed by atoms with Crippen LogP contribution in [0.4, 0.5) is 0 Å². The number of hydrogen-bond donors (Lipinski definition) is 3. The maximum Gasteiger partial charge on any atom is 0.305 e. The average Bonchev–Trinajstić information content (AvgIpc) is 3.54. The van der Waals surface area contributed by atoms with Gasteiger partial charge in [0.05, 0.1) is 25.4 Å². The Hall–Kier alpha value is -1.92. The van der Waals surface area contributed by atoms with Gasteiger partial charge in [-0.25, -0.2) is 0 Å². The predicted molar refractivity (Wildman–Crippen MR) is 384 cm³/mol. The Morgan fingerprint density at radius 1 is 0.322 bits per heavy atom. The number of nitrogens with one attached hydrogen (secondary N) is 1. The smallest absolute Gasteiger partial charge is 0.305 e. The molecule has 2 unspecified atom stereocenters. The first-order chi connectivity index (χ1) is 43.0. The quantitative estimate of drug-likeness (QED) is 0.0320. The summed E-state index contributed by atoms with van der Waals surface area (Å²) in [5.74, 6) is -0.0225. The summed E-state index contributed by atoms with van der Waals surface area (Å²) in [6, 6.07) is -0.541. The van der Waals surface area contributed by atoms with Crippen LogP contribution in [-0.4, -0.2) is 47.4 Å². The van der Waals surface area contributed by atoms with Gasteiger partial charge in [-0.1, -0.05) is 391 Å². The van der Waals surface area contributed by atoms with Crippen LogP contribution in [-0.2, 0) is 14.3 Å². The molecule has 0 rings (SSSR count). The molecule has 0 aliphatic heterocycles. The van der Waals surface area contributed by atoms with E-state index in [1.807, 2.05) is 0 Å². The fraction of sp³-hybridized carbons (Fsp3) is 0.901. The normalized spacial score (nSPS) is 12.6. The van der Waals surface area contributed by atoms with Crippen molar-refractivity contribution in [2.75, 3.05) is 13.2 Å². The van der Waals surface area contributed by atoms with Crippen molar-refractivity contribution in [1.82, 2.24) is 5.32 Å². The van der Waals surface area contributed by atoms with Crippen LogP contribution in [0.15, 0.2) is 36.5 Å². The number of unbranched alkanes of at least 4 members (excludes halogenated alkanes) is 58. The summed E-state index contributed by atoms with van der Waals surface area (Å²) in [6.07, 6.45) is 99.5. The molecular formula is C81H155NO5. The highest BCUT2D eigenvalue weighted by atomic mass is 16.5. The van der Waals surface area contributed by atoms with E-state index in [0.717, 1.165) is 51.4 Å². The number of ether oxygens (including phenoxy) is 1. The highest BCUT2D eigenvalue weighted by molar-refractivity contribution is 5.76. The Kier molecular flexibility index (Phi) is 74.8. The number of rotatable bonds is 75. The van der Waals surface area contributed by atoms with Gasteiger partial charge < -0.3 is 20.3 Å². The summed E-state index contributed by atoms with van der Waals surface area (Å²) >= 11 is 0. The van der Waals surface area contributed by atoms with Gasteiger partial charge in [0.1, 0.15) is 0 Å². The molecule has 0 saturated heterocycles. The van der Waals surface area contributed by atoms with E-state index >= 15 is 0 Å². The van der Waals surface area contributed by atoms with Gasteiger partial charge in [0.15, 0.2) is 0 Å². The van der Waals surface area contributed by atoms with Crippen molar-refractivity contribution in [3.05, 3.63) is 36.5 Å². The van der Waals surface area contributed by atoms with Crippen molar-refractivity contribution < 1.29 is 24.5 Å². The van der Waals surface area contributed by atoms with Gasteiger partial charge in [-0.15, -0.1) is 0 Å². The maximum absolute atomic E-state index is 12.6. The minimum atomic E-state index is -0.664. The summed E-state index contributed by atoms with van der Waals surface area (Å²) in [5.41, 5.74) is 0. The Balaban J connectivity index is 3.36. The zero-order valence-corrected chi connectivity index (χ0v) is 59.0. The lowest BCUT2D eigenvalue weighted by Crippen LogP contribution is -2.45. The van der Waals surface area contributed by atoms with E-state index in [9.17, 15) is 19.8 Å². The van der Waals surface area contributed by atoms with Gasteiger partial charge in [-0.3, -0.25) is 9.59 Å². The van der Waals surface area contributed by atoms with Gasteiger partial charge in [-0.2, -0.15) is 0 Å². The largest absolute Gasteiger partial charge is 0.466 e. The van der Waals surface area contributed by atoms with Crippen LogP contribution >= 0.6 is 0 Å². The third-order valence-electron chi connectivity index (χ3n) is 18.6. The Bertz CT molecular complexity index is 1410. The van der Waals surface area contributed by atoms with E-state index in [-0.39, 0.29) is 18.5 Å². The molecule has 1 amide bonds. The van der Waals surface area contributed by atoms with Crippen LogP contribution in [0.1, 0.15) is 444 Å². The lowest BCUT2D eigenvalue weighted by Gasteiger charge is -2.22. The molecule has 2 atom stereocenters. The van der Waals surface area contributed by atoms with Crippen molar-refractivity contribution in [1.29, 1.82) is 0 Å². The first-order valence-electron chi connectivity index (χ1n) is 39.7. The maximum atomic E-state index is 12.6. The van der Waals surface area contributed by atoms with Crippen molar-refractivity contribution in [2.45, 2.75) is 456 Å². The van der Waals surface area contributed by atoms with Gasteiger partial charge in [0.25, 0.3) is 0 Å². The molecule has 0 aliphatic carbocycles. The summed E-state index contributed by atoms with van der Waals surface area (Å²) in [6.45, 7) is 4.93. The number of carbonyl (C=O) groups excluding carboxylic acids is 2. The number of allylic oxidation sites excluding steroid dienone is 6. The van der Waals surface area contributed by atoms with Crippen LogP contribution in [0.5, 0.6) is 0 Å². The van der Waals surface area contributed by atoms with E-state index in [0.29, 0.717) is 25.9 Å². The number of amides is 1. The molecule has 87 heavy (non-hydrogen) atoms. The van der Waals surface area contributed by atoms with Crippen LogP contribution in [0, 0.1) is 0 Å². The van der Waals surface area contributed by atoms with E-state index in [2.05, 4.69) is 55.6 Å². The molecule has 0 aliphatic rings. The monoisotopic (exact) mass is 1220 g/mol. The summed E-state index contributed by atoms with van der Waals surface area (Å²) in [5, 5.41) is 23.5. The number of carbonyl (C=O) groups is 2. The molecule has 514 valence electrons. The Labute approximate surface area is 544 Å². The standard InChI is InChI=1S/C81H155NO5/c1-3-5-7-9-11-13-15-17-18-19-20-21-22-34-37-40-43-46-50-53-57-61-65-69-73-79(84)78(77-83)82-80(85)74-70-66-62-58-54-51-47-44-41-38-35-32-30-28-26-24-23-25-27-29-31-33-36-39-42-45-48-52-56-60-64-68-72-76-87-81(86)75-71-67-63-59-55-49-16-14-12-10-8-6-4-2/h8,10,14,16,27,29,78-79,83-84H,3-7,9,11-13,15,17-26,28,30-77H2,1-2H3,(H,82,85)/b10-8-,16-14-,29-27-. The van der Waals surface area contributed by atoms with Crippen molar-refractivity contribution in [3.8, 4) is 0 Å². The van der Waals surface area contributed by atoms with E-state index < -0.39 is 12.1 Å². The van der Waals surface area contributed by atoms with Gasteiger partial charge in [-0.05, 0) is 77.0 Å². The molecule has 0 saturated carbocycles. The molecule has 0 aromatic carbocycles. The van der Waals surface area contributed by atoms with Crippen molar-refractivity contribution >= 4 is 11.9 Å². The third-order valence-corrected chi connectivity index (χ3v) is 18.6. The SMILES string of the molecule is CCC/C=C\C/C=C\CCCCCCCC(=O)OCCCCCCCCCCCCCC/C=C\CCCCCCCCCCCCCCCCCCCC(=O)NC(CO)C(O)CCCCCCCCCCCCCCCCCCCCCCCCCC. The van der Waals surface area contributed by atoms with E-state index in [1.54, 1.807) is 0 Å². The molecular weight excluding hydrogens is 1070 g/mol. The first kappa shape index (κ1) is 85.1. The second-order valence-electron chi connectivity index (χ2n) is 27.4.